The Labute approximate surface area is 279 Å². The van der Waals surface area contributed by atoms with Crippen molar-refractivity contribution in [2.24, 2.45) is 5.92 Å². The lowest BCUT2D eigenvalue weighted by Gasteiger charge is -2.34. The van der Waals surface area contributed by atoms with E-state index in [1.807, 2.05) is 37.4 Å². The van der Waals surface area contributed by atoms with E-state index < -0.39 is 21.8 Å². The molecule has 0 aliphatic heterocycles. The number of nitrogens with one attached hydrogen (secondary N) is 1. The number of carbonyl (C=O) groups excluding carboxylic acids is 1. The molecule has 3 aromatic rings. The van der Waals surface area contributed by atoms with Crippen LogP contribution in [0.5, 0.6) is 5.75 Å². The predicted molar refractivity (Wildman–Crippen MR) is 179 cm³/mol. The van der Waals surface area contributed by atoms with E-state index in [4.69, 9.17) is 23.7 Å². The van der Waals surface area contributed by atoms with Crippen molar-refractivity contribution in [3.63, 3.8) is 0 Å². The van der Waals surface area contributed by atoms with E-state index in [9.17, 15) is 13.2 Å². The smallest absolute Gasteiger partial charge is 0.407 e. The van der Waals surface area contributed by atoms with Gasteiger partial charge in [-0.25, -0.2) is 9.78 Å². The Morgan fingerprint density at radius 3 is 2.54 bits per heavy atom. The number of ether oxygens (including phenoxy) is 2. The van der Waals surface area contributed by atoms with E-state index >= 15 is 0 Å². The Balaban J connectivity index is 1.43. The summed E-state index contributed by atoms with van der Waals surface area (Å²) in [7, 11) is -1.94. The normalized spacial score (nSPS) is 22.3. The van der Waals surface area contributed by atoms with E-state index in [-0.39, 0.29) is 30.0 Å². The molecule has 1 aromatic carbocycles. The number of nitrogens with zero attached hydrogens (tertiary/aromatic N) is 4. The van der Waals surface area contributed by atoms with Crippen molar-refractivity contribution in [3.8, 4) is 5.75 Å². The van der Waals surface area contributed by atoms with Crippen LogP contribution in [0, 0.1) is 5.92 Å². The Kier molecular flexibility index (Phi) is 9.05. The van der Waals surface area contributed by atoms with Gasteiger partial charge in [0.2, 0.25) is 0 Å². The summed E-state index contributed by atoms with van der Waals surface area (Å²) < 4.78 is 43.5. The molecule has 13 heteroatoms. The summed E-state index contributed by atoms with van der Waals surface area (Å²) in [5.74, 6) is 1.74. The van der Waals surface area contributed by atoms with Crippen LogP contribution in [0.25, 0.3) is 5.65 Å². The first-order chi connectivity index (χ1) is 21.8. The van der Waals surface area contributed by atoms with Crippen LogP contribution < -0.4 is 15.0 Å². The van der Waals surface area contributed by atoms with Crippen LogP contribution in [-0.2, 0) is 37.4 Å². The van der Waals surface area contributed by atoms with E-state index in [1.165, 1.54) is 0 Å². The summed E-state index contributed by atoms with van der Waals surface area (Å²) in [4.78, 5) is 20.4. The van der Waals surface area contributed by atoms with Gasteiger partial charge in [-0.05, 0) is 98.8 Å². The van der Waals surface area contributed by atoms with Crippen LogP contribution in [0.1, 0.15) is 82.5 Å². The van der Waals surface area contributed by atoms with Crippen LogP contribution in [0.3, 0.4) is 0 Å². The van der Waals surface area contributed by atoms with Gasteiger partial charge in [0, 0.05) is 29.6 Å². The average Bonchev–Trinajstić information content (AvgIpc) is 3.78. The number of alkyl carbamates (subject to hydrolysis) is 1. The van der Waals surface area contributed by atoms with Crippen molar-refractivity contribution >= 4 is 43.6 Å². The fraction of sp³-hybridized carbons (Fsp3) is 0.606. The highest BCUT2D eigenvalue weighted by Crippen LogP contribution is 2.55. The van der Waals surface area contributed by atoms with Crippen LogP contribution >= 0.6 is 15.9 Å². The van der Waals surface area contributed by atoms with Gasteiger partial charge in [0.25, 0.3) is 10.1 Å². The molecule has 1 N–H and O–H groups in total. The van der Waals surface area contributed by atoms with Gasteiger partial charge in [0.05, 0.1) is 36.3 Å². The third-order valence-corrected chi connectivity index (χ3v) is 10.8. The first kappa shape index (κ1) is 33.0. The SMILES string of the molecule is COc1ccc(CN(c2c3c(nc4c(Br)cnn24)C2(CCCC2)C(COS(C)(=O)=O)C3)[C@H]2CC[C@H](NC(=O)OC(C)(C)C)C2)cc1. The highest BCUT2D eigenvalue weighted by molar-refractivity contribution is 9.10. The summed E-state index contributed by atoms with van der Waals surface area (Å²) in [6.07, 6.45) is 9.57. The molecular formula is C33H44BrN5O6S. The number of benzene rings is 1. The predicted octanol–water partition coefficient (Wildman–Crippen LogP) is 5.91. The summed E-state index contributed by atoms with van der Waals surface area (Å²) >= 11 is 3.71. The van der Waals surface area contributed by atoms with E-state index in [2.05, 4.69) is 38.3 Å². The first-order valence-corrected chi connectivity index (χ1v) is 18.7. The standard InChI is InChI=1S/C33H44BrN5O6S/c1-32(2,3)45-31(40)36-23-10-11-24(17-23)38(19-21-8-12-25(43-4)13-9-21)30-26-16-22(20-44-46(5,41)42)33(14-6-7-15-33)28(26)37-29-27(34)18-35-39(29)30/h8-9,12-13,18,22-24H,6-7,10-11,14-17,19-20H2,1-5H3,(H,36,40)/t22?,23-,24-/m0/s1. The zero-order chi connectivity index (χ0) is 32.9. The number of methoxy groups -OCH3 is 1. The molecule has 3 atom stereocenters. The average molecular weight is 719 g/mol. The maximum Gasteiger partial charge on any atom is 0.407 e. The minimum absolute atomic E-state index is 0.0233. The Morgan fingerprint density at radius 2 is 1.89 bits per heavy atom. The largest absolute Gasteiger partial charge is 0.497 e. The lowest BCUT2D eigenvalue weighted by Crippen LogP contribution is -2.40. The molecule has 2 aromatic heterocycles. The fourth-order valence-corrected chi connectivity index (χ4v) is 8.50. The van der Waals surface area contributed by atoms with Crippen molar-refractivity contribution < 1.29 is 26.9 Å². The first-order valence-electron chi connectivity index (χ1n) is 16.1. The third kappa shape index (κ3) is 6.73. The number of carbonyl (C=O) groups is 1. The number of amides is 1. The van der Waals surface area contributed by atoms with Gasteiger partial charge in [0.15, 0.2) is 5.65 Å². The third-order valence-electron chi connectivity index (χ3n) is 9.71. The van der Waals surface area contributed by atoms with Crippen LogP contribution in [0.4, 0.5) is 10.6 Å². The number of hydrogen-bond donors (Lipinski definition) is 1. The summed E-state index contributed by atoms with van der Waals surface area (Å²) in [6, 6.07) is 8.15. The molecule has 2 saturated carbocycles. The number of fused-ring (bicyclic) bond motifs is 3. The van der Waals surface area contributed by atoms with Gasteiger partial charge < -0.3 is 19.7 Å². The summed E-state index contributed by atoms with van der Waals surface area (Å²) in [5, 5.41) is 7.92. The molecule has 3 aliphatic rings. The number of aromatic nitrogens is 3. The molecule has 46 heavy (non-hydrogen) atoms. The Hall–Kier alpha value is -2.90. The van der Waals surface area contributed by atoms with Gasteiger partial charge in [-0.15, -0.1) is 0 Å². The van der Waals surface area contributed by atoms with Crippen molar-refractivity contribution in [2.45, 2.75) is 102 Å². The van der Waals surface area contributed by atoms with Crippen LogP contribution in [-0.4, -0.2) is 66.8 Å². The molecule has 2 fully saturated rings. The lowest BCUT2D eigenvalue weighted by atomic mass is 9.76. The molecule has 0 bridgehead atoms. The zero-order valence-electron chi connectivity index (χ0n) is 27.2. The molecule has 0 saturated heterocycles. The van der Waals surface area contributed by atoms with Gasteiger partial charge in [0.1, 0.15) is 17.2 Å². The second-order valence-corrected chi connectivity index (χ2v) is 16.5. The highest BCUT2D eigenvalue weighted by atomic mass is 79.9. The minimum atomic E-state index is -3.60. The molecule has 6 rings (SSSR count). The molecule has 1 amide bonds. The second-order valence-electron chi connectivity index (χ2n) is 14.0. The molecular weight excluding hydrogens is 674 g/mol. The van der Waals surface area contributed by atoms with E-state index in [0.29, 0.717) is 13.0 Å². The molecule has 1 spiro atoms. The minimum Gasteiger partial charge on any atom is -0.497 e. The fourth-order valence-electron chi connectivity index (χ4n) is 7.74. The molecule has 2 heterocycles. The monoisotopic (exact) mass is 717 g/mol. The van der Waals surface area contributed by atoms with Crippen LogP contribution in [0.2, 0.25) is 0 Å². The van der Waals surface area contributed by atoms with Crippen LogP contribution in [0.15, 0.2) is 34.9 Å². The second kappa shape index (κ2) is 12.6. The topological polar surface area (TPSA) is 124 Å². The molecule has 1 unspecified atom stereocenters. The van der Waals surface area contributed by atoms with Gasteiger partial charge in [-0.3, -0.25) is 4.18 Å². The number of anilines is 1. The van der Waals surface area contributed by atoms with Gasteiger partial charge in [-0.1, -0.05) is 25.0 Å². The van der Waals surface area contributed by atoms with E-state index in [0.717, 1.165) is 89.7 Å². The number of halogens is 1. The zero-order valence-corrected chi connectivity index (χ0v) is 29.6. The molecule has 250 valence electrons. The summed E-state index contributed by atoms with van der Waals surface area (Å²) in [6.45, 7) is 6.33. The van der Waals surface area contributed by atoms with Gasteiger partial charge >= 0.3 is 6.09 Å². The highest BCUT2D eigenvalue weighted by Gasteiger charge is 2.52. The van der Waals surface area contributed by atoms with E-state index in [1.54, 1.807) is 13.3 Å². The molecule has 3 aliphatic carbocycles. The number of rotatable bonds is 9. The van der Waals surface area contributed by atoms with Gasteiger partial charge in [-0.2, -0.15) is 18.0 Å². The van der Waals surface area contributed by atoms with Crippen molar-refractivity contribution in [2.75, 3.05) is 24.9 Å². The number of hydrogen-bond acceptors (Lipinski definition) is 9. The van der Waals surface area contributed by atoms with Crippen molar-refractivity contribution in [3.05, 3.63) is 51.8 Å². The molecule has 11 nitrogen and oxygen atoms in total. The quantitative estimate of drug-likeness (QED) is 0.269. The van der Waals surface area contributed by atoms with Crippen molar-refractivity contribution in [1.82, 2.24) is 19.9 Å². The Bertz CT molecular complexity index is 1700. The molecule has 0 radical (unpaired) electrons. The van der Waals surface area contributed by atoms with Crippen molar-refractivity contribution in [1.29, 1.82) is 0 Å². The maximum atomic E-state index is 12.7. The summed E-state index contributed by atoms with van der Waals surface area (Å²) in [5.41, 5.74) is 3.15. The Morgan fingerprint density at radius 1 is 1.17 bits per heavy atom. The maximum absolute atomic E-state index is 12.7. The lowest BCUT2D eigenvalue weighted by molar-refractivity contribution is 0.0505.